The van der Waals surface area contributed by atoms with E-state index in [2.05, 4.69) is 47.9 Å². The van der Waals surface area contributed by atoms with Gasteiger partial charge in [0.05, 0.1) is 11.0 Å². The van der Waals surface area contributed by atoms with Gasteiger partial charge in [-0.05, 0) is 23.6 Å². The molecule has 0 bridgehead atoms. The monoisotopic (exact) mass is 428 g/mol. The standard InChI is InChI=1S/C27H28N2O3/c1-2-3-4-11-16-26(25-18-17-24(29(31)32)19-27(25)30)28(20-22-12-7-5-8-13-22)21-23-14-9-6-10-15-23/h5-10,12-15,17-19,26,30H,2-4,20-21H2,1H3. The third kappa shape index (κ3) is 6.44. The van der Waals surface area contributed by atoms with Gasteiger partial charge in [0.2, 0.25) is 0 Å². The Kier molecular flexibility index (Phi) is 8.42. The molecule has 0 aromatic heterocycles. The number of aromatic hydroxyl groups is 1. The van der Waals surface area contributed by atoms with E-state index in [0.717, 1.165) is 30.4 Å². The molecule has 164 valence electrons. The molecule has 0 heterocycles. The van der Waals surface area contributed by atoms with Gasteiger partial charge in [-0.1, -0.05) is 79.9 Å². The lowest BCUT2D eigenvalue weighted by Gasteiger charge is -2.29. The first-order chi connectivity index (χ1) is 15.6. The van der Waals surface area contributed by atoms with Crippen LogP contribution in [0.1, 0.15) is 48.9 Å². The fourth-order valence-electron chi connectivity index (χ4n) is 3.55. The number of unbranched alkanes of at least 4 members (excludes halogenated alkanes) is 2. The summed E-state index contributed by atoms with van der Waals surface area (Å²) in [5.74, 6) is 6.50. The molecule has 0 aliphatic heterocycles. The molecule has 5 heteroatoms. The van der Waals surface area contributed by atoms with Crippen LogP contribution in [0.25, 0.3) is 0 Å². The maximum absolute atomic E-state index is 11.2. The Labute approximate surface area is 189 Å². The number of nitrogens with zero attached hydrogens (tertiary/aromatic N) is 2. The lowest BCUT2D eigenvalue weighted by atomic mass is 10.0. The molecule has 3 aromatic rings. The van der Waals surface area contributed by atoms with Crippen LogP contribution < -0.4 is 0 Å². The van der Waals surface area contributed by atoms with Crippen LogP contribution in [-0.4, -0.2) is 14.9 Å². The van der Waals surface area contributed by atoms with E-state index in [0.29, 0.717) is 18.7 Å². The summed E-state index contributed by atoms with van der Waals surface area (Å²) in [6.45, 7) is 3.37. The fraction of sp³-hybridized carbons (Fsp3) is 0.259. The van der Waals surface area contributed by atoms with Crippen LogP contribution in [0.15, 0.2) is 78.9 Å². The lowest BCUT2D eigenvalue weighted by molar-refractivity contribution is -0.385. The van der Waals surface area contributed by atoms with Crippen molar-refractivity contribution in [3.8, 4) is 17.6 Å². The van der Waals surface area contributed by atoms with Crippen molar-refractivity contribution >= 4 is 5.69 Å². The summed E-state index contributed by atoms with van der Waals surface area (Å²) >= 11 is 0. The Morgan fingerprint density at radius 3 is 2.06 bits per heavy atom. The fourth-order valence-corrected chi connectivity index (χ4v) is 3.55. The summed E-state index contributed by atoms with van der Waals surface area (Å²) in [5, 5.41) is 21.8. The molecule has 0 spiro atoms. The van der Waals surface area contributed by atoms with Crippen molar-refractivity contribution in [3.05, 3.63) is 106 Å². The average molecular weight is 429 g/mol. The Morgan fingerprint density at radius 2 is 1.56 bits per heavy atom. The smallest absolute Gasteiger partial charge is 0.273 e. The van der Waals surface area contributed by atoms with Crippen molar-refractivity contribution in [3.63, 3.8) is 0 Å². The molecule has 0 saturated heterocycles. The molecule has 3 aromatic carbocycles. The Bertz CT molecular complexity index is 1030. The predicted molar refractivity (Wildman–Crippen MR) is 127 cm³/mol. The number of non-ortho nitro benzene ring substituents is 1. The summed E-state index contributed by atoms with van der Waals surface area (Å²) in [4.78, 5) is 12.8. The van der Waals surface area contributed by atoms with E-state index in [4.69, 9.17) is 0 Å². The third-order valence-electron chi connectivity index (χ3n) is 5.24. The zero-order chi connectivity index (χ0) is 22.8. The van der Waals surface area contributed by atoms with Crippen molar-refractivity contribution in [2.24, 2.45) is 0 Å². The van der Waals surface area contributed by atoms with Gasteiger partial charge in [0.1, 0.15) is 11.8 Å². The van der Waals surface area contributed by atoms with Gasteiger partial charge in [0.25, 0.3) is 5.69 Å². The highest BCUT2D eigenvalue weighted by atomic mass is 16.6. The maximum atomic E-state index is 11.2. The minimum absolute atomic E-state index is 0.111. The molecule has 0 radical (unpaired) electrons. The largest absolute Gasteiger partial charge is 0.507 e. The molecule has 32 heavy (non-hydrogen) atoms. The second-order valence-corrected chi connectivity index (χ2v) is 7.70. The number of nitro groups is 1. The van der Waals surface area contributed by atoms with Crippen LogP contribution >= 0.6 is 0 Å². The Balaban J connectivity index is 2.02. The van der Waals surface area contributed by atoms with E-state index >= 15 is 0 Å². The highest BCUT2D eigenvalue weighted by Gasteiger charge is 2.23. The van der Waals surface area contributed by atoms with Crippen LogP contribution in [0.4, 0.5) is 5.69 Å². The first-order valence-electron chi connectivity index (χ1n) is 10.9. The predicted octanol–water partition coefficient (Wildman–Crippen LogP) is 6.24. The van der Waals surface area contributed by atoms with Crippen LogP contribution in [0.2, 0.25) is 0 Å². The number of phenols is 1. The third-order valence-corrected chi connectivity index (χ3v) is 5.24. The van der Waals surface area contributed by atoms with Crippen molar-refractivity contribution in [2.45, 2.75) is 45.3 Å². The molecule has 1 atom stereocenters. The van der Waals surface area contributed by atoms with Crippen LogP contribution in [-0.2, 0) is 13.1 Å². The van der Waals surface area contributed by atoms with Crippen LogP contribution in [0, 0.1) is 22.0 Å². The van der Waals surface area contributed by atoms with Gasteiger partial charge in [-0.25, -0.2) is 0 Å². The van der Waals surface area contributed by atoms with Crippen molar-refractivity contribution < 1.29 is 10.0 Å². The van der Waals surface area contributed by atoms with Crippen LogP contribution in [0.5, 0.6) is 5.75 Å². The SMILES string of the molecule is CCCCC#CC(c1ccc([N+](=O)[O-])cc1O)N(Cc1ccccc1)Cc1ccccc1. The van der Waals surface area contributed by atoms with E-state index in [-0.39, 0.29) is 11.4 Å². The minimum atomic E-state index is -0.503. The molecular formula is C27H28N2O3. The molecule has 0 amide bonds. The maximum Gasteiger partial charge on any atom is 0.273 e. The van der Waals surface area contributed by atoms with E-state index < -0.39 is 11.0 Å². The summed E-state index contributed by atoms with van der Waals surface area (Å²) in [6.07, 6.45) is 2.83. The number of hydrogen-bond acceptors (Lipinski definition) is 4. The average Bonchev–Trinajstić information content (AvgIpc) is 2.80. The summed E-state index contributed by atoms with van der Waals surface area (Å²) < 4.78 is 0. The summed E-state index contributed by atoms with van der Waals surface area (Å²) in [6, 6.07) is 24.1. The molecule has 1 N–H and O–H groups in total. The number of benzene rings is 3. The lowest BCUT2D eigenvalue weighted by Crippen LogP contribution is -2.27. The van der Waals surface area contributed by atoms with Gasteiger partial charge in [0.15, 0.2) is 0 Å². The van der Waals surface area contributed by atoms with E-state index in [1.54, 1.807) is 6.07 Å². The van der Waals surface area contributed by atoms with Gasteiger partial charge in [-0.3, -0.25) is 15.0 Å². The van der Waals surface area contributed by atoms with E-state index in [1.165, 1.54) is 12.1 Å². The van der Waals surface area contributed by atoms with Crippen molar-refractivity contribution in [2.75, 3.05) is 0 Å². The normalized spacial score (nSPS) is 11.6. The number of rotatable bonds is 9. The topological polar surface area (TPSA) is 66.6 Å². The Morgan fingerprint density at radius 1 is 0.969 bits per heavy atom. The van der Waals surface area contributed by atoms with Gasteiger partial charge in [-0.2, -0.15) is 0 Å². The molecule has 0 saturated carbocycles. The summed E-state index contributed by atoms with van der Waals surface area (Å²) in [5.41, 5.74) is 2.70. The molecular weight excluding hydrogens is 400 g/mol. The highest BCUT2D eigenvalue weighted by molar-refractivity contribution is 5.47. The molecule has 1 unspecified atom stereocenters. The zero-order valence-electron chi connectivity index (χ0n) is 18.3. The number of nitro benzene ring substituents is 1. The number of hydrogen-bond donors (Lipinski definition) is 1. The van der Waals surface area contributed by atoms with Gasteiger partial charge < -0.3 is 5.11 Å². The van der Waals surface area contributed by atoms with Crippen molar-refractivity contribution in [1.82, 2.24) is 4.90 Å². The molecule has 3 rings (SSSR count). The van der Waals surface area contributed by atoms with Gasteiger partial charge in [-0.15, -0.1) is 5.92 Å². The molecule has 0 fully saturated rings. The van der Waals surface area contributed by atoms with Gasteiger partial charge in [0, 0.05) is 31.1 Å². The van der Waals surface area contributed by atoms with Crippen LogP contribution in [0.3, 0.4) is 0 Å². The van der Waals surface area contributed by atoms with Crippen molar-refractivity contribution in [1.29, 1.82) is 0 Å². The van der Waals surface area contributed by atoms with E-state index in [1.807, 2.05) is 36.4 Å². The molecule has 5 nitrogen and oxygen atoms in total. The summed E-state index contributed by atoms with van der Waals surface area (Å²) in [7, 11) is 0. The first-order valence-corrected chi connectivity index (χ1v) is 10.9. The second kappa shape index (κ2) is 11.7. The first kappa shape index (κ1) is 23.1. The minimum Gasteiger partial charge on any atom is -0.507 e. The highest BCUT2D eigenvalue weighted by Crippen LogP contribution is 2.33. The quantitative estimate of drug-likeness (QED) is 0.190. The molecule has 0 aliphatic carbocycles. The number of phenolic OH excluding ortho intramolecular Hbond substituents is 1. The molecule has 0 aliphatic rings. The second-order valence-electron chi connectivity index (χ2n) is 7.70. The van der Waals surface area contributed by atoms with Gasteiger partial charge >= 0.3 is 0 Å². The van der Waals surface area contributed by atoms with E-state index in [9.17, 15) is 15.2 Å². The Hall–Kier alpha value is -3.62. The zero-order valence-corrected chi connectivity index (χ0v) is 18.3.